The normalized spacial score (nSPS) is 16.4. The van der Waals surface area contributed by atoms with Crippen LogP contribution in [0.5, 0.6) is 0 Å². The molecular weight excluding hydrogens is 410 g/mol. The summed E-state index contributed by atoms with van der Waals surface area (Å²) in [5, 5.41) is -0.361. The SMILES string of the molecule is CCC(CC)S(=O)(=O)c1ccc2c(c1)nc(C(C)(C)C)n2CC1CCN(C(C)=O)CC1. The highest BCUT2D eigenvalue weighted by atomic mass is 32.2. The first-order valence-electron chi connectivity index (χ1n) is 11.5. The average molecular weight is 448 g/mol. The molecule has 0 N–H and O–H groups in total. The number of carbonyl (C=O) groups excluding carboxylic acids is 1. The third-order valence-electron chi connectivity index (χ3n) is 6.57. The zero-order valence-corrected chi connectivity index (χ0v) is 20.6. The topological polar surface area (TPSA) is 72.3 Å². The van der Waals surface area contributed by atoms with Crippen molar-refractivity contribution in [3.8, 4) is 0 Å². The van der Waals surface area contributed by atoms with E-state index in [1.807, 2.05) is 24.8 Å². The predicted octanol–water partition coefficient (Wildman–Crippen LogP) is 4.55. The molecule has 1 aromatic carbocycles. The van der Waals surface area contributed by atoms with E-state index in [-0.39, 0.29) is 16.6 Å². The Balaban J connectivity index is 1.98. The van der Waals surface area contributed by atoms with Gasteiger partial charge in [-0.15, -0.1) is 0 Å². The van der Waals surface area contributed by atoms with E-state index in [2.05, 4.69) is 25.3 Å². The smallest absolute Gasteiger partial charge is 0.219 e. The predicted molar refractivity (Wildman–Crippen MR) is 125 cm³/mol. The van der Waals surface area contributed by atoms with E-state index >= 15 is 0 Å². The molecule has 172 valence electrons. The van der Waals surface area contributed by atoms with E-state index in [0.29, 0.717) is 23.7 Å². The third-order valence-corrected chi connectivity index (χ3v) is 9.02. The first-order valence-corrected chi connectivity index (χ1v) is 13.0. The Bertz CT molecular complexity index is 1040. The van der Waals surface area contributed by atoms with Crippen LogP contribution in [0.2, 0.25) is 0 Å². The van der Waals surface area contributed by atoms with Gasteiger partial charge < -0.3 is 9.47 Å². The molecule has 0 unspecified atom stereocenters. The van der Waals surface area contributed by atoms with Crippen molar-refractivity contribution >= 4 is 26.8 Å². The molecular formula is C24H37N3O3S. The van der Waals surface area contributed by atoms with Gasteiger partial charge in [-0.1, -0.05) is 34.6 Å². The van der Waals surface area contributed by atoms with Crippen LogP contribution in [-0.2, 0) is 26.6 Å². The maximum absolute atomic E-state index is 13.1. The van der Waals surface area contributed by atoms with Crippen molar-refractivity contribution in [2.24, 2.45) is 5.92 Å². The fraction of sp³-hybridized carbons (Fsp3) is 0.667. The molecule has 3 rings (SSSR count). The fourth-order valence-corrected chi connectivity index (χ4v) is 6.45. The molecule has 1 aliphatic rings. The van der Waals surface area contributed by atoms with E-state index in [0.717, 1.165) is 49.3 Å². The van der Waals surface area contributed by atoms with Gasteiger partial charge in [-0.3, -0.25) is 4.79 Å². The highest BCUT2D eigenvalue weighted by Crippen LogP contribution is 2.31. The summed E-state index contributed by atoms with van der Waals surface area (Å²) < 4.78 is 28.4. The second-order valence-electron chi connectivity index (χ2n) is 9.88. The number of fused-ring (bicyclic) bond motifs is 1. The van der Waals surface area contributed by atoms with Crippen molar-refractivity contribution in [2.75, 3.05) is 13.1 Å². The first kappa shape index (κ1) is 23.8. The van der Waals surface area contributed by atoms with Crippen molar-refractivity contribution in [1.29, 1.82) is 0 Å². The highest BCUT2D eigenvalue weighted by Gasteiger charge is 2.29. The van der Waals surface area contributed by atoms with Gasteiger partial charge in [0.2, 0.25) is 5.91 Å². The summed E-state index contributed by atoms with van der Waals surface area (Å²) in [5.41, 5.74) is 1.58. The van der Waals surface area contributed by atoms with Gasteiger partial charge in [-0.2, -0.15) is 0 Å². The van der Waals surface area contributed by atoms with Crippen molar-refractivity contribution in [2.45, 2.75) is 89.3 Å². The van der Waals surface area contributed by atoms with Crippen LogP contribution in [-0.4, -0.2) is 47.1 Å². The van der Waals surface area contributed by atoms with Crippen LogP contribution in [0.15, 0.2) is 23.1 Å². The van der Waals surface area contributed by atoms with E-state index in [4.69, 9.17) is 4.98 Å². The summed E-state index contributed by atoms with van der Waals surface area (Å²) >= 11 is 0. The van der Waals surface area contributed by atoms with Crippen LogP contribution in [0.1, 0.15) is 73.1 Å². The fourth-order valence-electron chi connectivity index (χ4n) is 4.65. The molecule has 0 spiro atoms. The molecule has 2 heterocycles. The summed E-state index contributed by atoms with van der Waals surface area (Å²) in [5.74, 6) is 1.60. The molecule has 0 aliphatic carbocycles. The number of hydrogen-bond donors (Lipinski definition) is 0. The molecule has 7 heteroatoms. The van der Waals surface area contributed by atoms with Crippen molar-refractivity contribution < 1.29 is 13.2 Å². The number of amides is 1. The first-order chi connectivity index (χ1) is 14.5. The highest BCUT2D eigenvalue weighted by molar-refractivity contribution is 7.92. The zero-order chi connectivity index (χ0) is 23.0. The molecule has 2 aromatic rings. The number of likely N-dealkylation sites (tertiary alicyclic amines) is 1. The maximum Gasteiger partial charge on any atom is 0.219 e. The van der Waals surface area contributed by atoms with E-state index in [1.165, 1.54) is 0 Å². The second kappa shape index (κ2) is 8.93. The third kappa shape index (κ3) is 4.81. The summed E-state index contributed by atoms with van der Waals surface area (Å²) in [6.07, 6.45) is 3.17. The summed E-state index contributed by atoms with van der Waals surface area (Å²) in [6.45, 7) is 14.4. The van der Waals surface area contributed by atoms with Crippen molar-refractivity contribution in [3.05, 3.63) is 24.0 Å². The number of imidazole rings is 1. The lowest BCUT2D eigenvalue weighted by Gasteiger charge is -2.32. The number of nitrogens with zero attached hydrogens (tertiary/aromatic N) is 3. The number of hydrogen-bond acceptors (Lipinski definition) is 4. The van der Waals surface area contributed by atoms with Gasteiger partial charge in [0.15, 0.2) is 9.84 Å². The Morgan fingerprint density at radius 1 is 1.16 bits per heavy atom. The maximum atomic E-state index is 13.1. The average Bonchev–Trinajstić information content (AvgIpc) is 3.07. The van der Waals surface area contributed by atoms with Gasteiger partial charge in [-0.25, -0.2) is 13.4 Å². The molecule has 1 saturated heterocycles. The van der Waals surface area contributed by atoms with Crippen molar-refractivity contribution in [3.63, 3.8) is 0 Å². The summed E-state index contributed by atoms with van der Waals surface area (Å²) in [6, 6.07) is 5.43. The lowest BCUT2D eigenvalue weighted by atomic mass is 9.93. The van der Waals surface area contributed by atoms with Gasteiger partial charge in [0.05, 0.1) is 21.2 Å². The minimum atomic E-state index is -3.36. The largest absolute Gasteiger partial charge is 0.343 e. The van der Waals surface area contributed by atoms with Gasteiger partial charge in [-0.05, 0) is 49.8 Å². The van der Waals surface area contributed by atoms with E-state index in [1.54, 1.807) is 19.1 Å². The van der Waals surface area contributed by atoms with Gasteiger partial charge in [0, 0.05) is 32.0 Å². The number of piperidine rings is 1. The van der Waals surface area contributed by atoms with Crippen LogP contribution in [0, 0.1) is 5.92 Å². The quantitative estimate of drug-likeness (QED) is 0.651. The molecule has 31 heavy (non-hydrogen) atoms. The Labute approximate surface area is 186 Å². The monoisotopic (exact) mass is 447 g/mol. The van der Waals surface area contributed by atoms with Gasteiger partial charge in [0.25, 0.3) is 0 Å². The van der Waals surface area contributed by atoms with Crippen LogP contribution in [0.3, 0.4) is 0 Å². The number of benzene rings is 1. The van der Waals surface area contributed by atoms with E-state index in [9.17, 15) is 13.2 Å². The Hall–Kier alpha value is -1.89. The second-order valence-corrected chi connectivity index (χ2v) is 12.1. The molecule has 0 atom stereocenters. The van der Waals surface area contributed by atoms with Gasteiger partial charge >= 0.3 is 0 Å². The van der Waals surface area contributed by atoms with Crippen molar-refractivity contribution in [1.82, 2.24) is 14.5 Å². The minimum Gasteiger partial charge on any atom is -0.343 e. The number of sulfone groups is 1. The minimum absolute atomic E-state index is 0.146. The molecule has 6 nitrogen and oxygen atoms in total. The summed E-state index contributed by atoms with van der Waals surface area (Å²) in [4.78, 5) is 18.8. The van der Waals surface area contributed by atoms with Crippen LogP contribution in [0.25, 0.3) is 11.0 Å². The molecule has 0 bridgehead atoms. The molecule has 0 radical (unpaired) electrons. The zero-order valence-electron chi connectivity index (χ0n) is 19.8. The Morgan fingerprint density at radius 2 is 1.77 bits per heavy atom. The summed E-state index contributed by atoms with van der Waals surface area (Å²) in [7, 11) is -3.36. The van der Waals surface area contributed by atoms with Crippen LogP contribution in [0.4, 0.5) is 0 Å². The lowest BCUT2D eigenvalue weighted by molar-refractivity contribution is -0.130. The molecule has 1 aliphatic heterocycles. The lowest BCUT2D eigenvalue weighted by Crippen LogP contribution is -2.38. The molecule has 0 saturated carbocycles. The standard InChI is InChI=1S/C24H37N3O3S/c1-7-19(8-2)31(29,30)20-9-10-22-21(15-20)25-23(24(4,5)6)27(22)16-18-11-13-26(14-12-18)17(3)28/h9-10,15,18-19H,7-8,11-14,16H2,1-6H3. The van der Waals surface area contributed by atoms with Crippen LogP contribution >= 0.6 is 0 Å². The molecule has 1 amide bonds. The number of rotatable bonds is 6. The van der Waals surface area contributed by atoms with Gasteiger partial charge in [0.1, 0.15) is 5.82 Å². The number of carbonyl (C=O) groups is 1. The Kier molecular flexibility index (Phi) is 6.84. The molecule has 1 aromatic heterocycles. The Morgan fingerprint density at radius 3 is 2.29 bits per heavy atom. The number of aromatic nitrogens is 2. The molecule has 1 fully saturated rings. The van der Waals surface area contributed by atoms with Crippen LogP contribution < -0.4 is 0 Å². The van der Waals surface area contributed by atoms with E-state index < -0.39 is 9.84 Å².